The molecule has 0 aliphatic carbocycles. The van der Waals surface area contributed by atoms with Gasteiger partial charge in [-0.05, 0) is 52.3 Å². The molecule has 110 valence electrons. The second-order valence-electron chi connectivity index (χ2n) is 4.86. The van der Waals surface area contributed by atoms with Gasteiger partial charge >= 0.3 is 0 Å². The van der Waals surface area contributed by atoms with Crippen LogP contribution in [0.25, 0.3) is 0 Å². The molecule has 0 bridgehead atoms. The third kappa shape index (κ3) is 2.97. The largest absolute Gasteiger partial charge is 0.497 e. The number of fused-ring (bicyclic) bond motifs is 1. The lowest BCUT2D eigenvalue weighted by atomic mass is 10.00. The van der Waals surface area contributed by atoms with Crippen molar-refractivity contribution in [2.75, 3.05) is 19.0 Å². The number of ether oxygens (including phenoxy) is 2. The van der Waals surface area contributed by atoms with E-state index in [9.17, 15) is 4.39 Å². The zero-order valence-corrected chi connectivity index (χ0v) is 13.1. The number of hydrogen-bond acceptors (Lipinski definition) is 3. The molecule has 0 amide bonds. The molecule has 3 nitrogen and oxygen atoms in total. The smallest absolute Gasteiger partial charge is 0.125 e. The zero-order chi connectivity index (χ0) is 14.8. The molecule has 2 aromatic rings. The molecule has 1 atom stereocenters. The van der Waals surface area contributed by atoms with Gasteiger partial charge in [-0.2, -0.15) is 0 Å². The van der Waals surface area contributed by atoms with E-state index in [1.807, 2.05) is 18.2 Å². The van der Waals surface area contributed by atoms with Crippen LogP contribution in [0.3, 0.4) is 0 Å². The molecule has 0 spiro atoms. The third-order valence-electron chi connectivity index (χ3n) is 3.51. The molecular weight excluding hydrogens is 337 g/mol. The molecule has 1 N–H and O–H groups in total. The van der Waals surface area contributed by atoms with Crippen LogP contribution in [-0.2, 0) is 0 Å². The molecule has 3 rings (SSSR count). The van der Waals surface area contributed by atoms with Gasteiger partial charge in [-0.3, -0.25) is 0 Å². The summed E-state index contributed by atoms with van der Waals surface area (Å²) in [7, 11) is 1.64. The van der Waals surface area contributed by atoms with Crippen LogP contribution in [0.4, 0.5) is 10.1 Å². The topological polar surface area (TPSA) is 30.5 Å². The van der Waals surface area contributed by atoms with Crippen LogP contribution in [0, 0.1) is 5.82 Å². The van der Waals surface area contributed by atoms with Crippen LogP contribution >= 0.6 is 15.9 Å². The fourth-order valence-corrected chi connectivity index (χ4v) is 2.81. The predicted octanol–water partition coefficient (Wildman–Crippen LogP) is 4.53. The van der Waals surface area contributed by atoms with E-state index < -0.39 is 0 Å². The monoisotopic (exact) mass is 351 g/mol. The van der Waals surface area contributed by atoms with Crippen LogP contribution in [-0.4, -0.2) is 13.7 Å². The molecule has 0 saturated carbocycles. The Morgan fingerprint density at radius 3 is 2.95 bits per heavy atom. The fourth-order valence-electron chi connectivity index (χ4n) is 2.45. The first-order valence-corrected chi connectivity index (χ1v) is 7.49. The van der Waals surface area contributed by atoms with Crippen LogP contribution in [0.5, 0.6) is 11.5 Å². The van der Waals surface area contributed by atoms with E-state index in [1.54, 1.807) is 13.2 Å². The molecule has 1 unspecified atom stereocenters. The summed E-state index contributed by atoms with van der Waals surface area (Å²) in [5.41, 5.74) is 1.76. The summed E-state index contributed by atoms with van der Waals surface area (Å²) in [5, 5.41) is 3.38. The van der Waals surface area contributed by atoms with Crippen LogP contribution in [0.1, 0.15) is 18.0 Å². The van der Waals surface area contributed by atoms with E-state index in [2.05, 4.69) is 21.2 Å². The maximum Gasteiger partial charge on any atom is 0.125 e. The molecule has 1 aliphatic heterocycles. The van der Waals surface area contributed by atoms with Crippen molar-refractivity contribution >= 4 is 21.6 Å². The number of hydrogen-bond donors (Lipinski definition) is 1. The number of methoxy groups -OCH3 is 1. The van der Waals surface area contributed by atoms with Crippen molar-refractivity contribution in [2.24, 2.45) is 0 Å². The Labute approximate surface area is 131 Å². The van der Waals surface area contributed by atoms with E-state index in [0.717, 1.165) is 33.6 Å². The summed E-state index contributed by atoms with van der Waals surface area (Å²) >= 11 is 3.44. The zero-order valence-electron chi connectivity index (χ0n) is 11.5. The molecule has 0 saturated heterocycles. The maximum absolute atomic E-state index is 13.4. The molecule has 1 aliphatic rings. The van der Waals surface area contributed by atoms with Crippen LogP contribution < -0.4 is 14.8 Å². The Kier molecular flexibility index (Phi) is 4.01. The summed E-state index contributed by atoms with van der Waals surface area (Å²) in [6.07, 6.45) is 0.809. The highest BCUT2D eigenvalue weighted by atomic mass is 79.9. The Morgan fingerprint density at radius 2 is 2.14 bits per heavy atom. The van der Waals surface area contributed by atoms with Gasteiger partial charge in [0.25, 0.3) is 0 Å². The molecule has 0 aromatic heterocycles. The van der Waals surface area contributed by atoms with Crippen molar-refractivity contribution in [1.82, 2.24) is 0 Å². The number of rotatable bonds is 3. The van der Waals surface area contributed by atoms with Crippen molar-refractivity contribution in [3.63, 3.8) is 0 Å². The molecule has 1 heterocycles. The molecule has 0 radical (unpaired) electrons. The lowest BCUT2D eigenvalue weighted by molar-refractivity contribution is 0.273. The molecule has 0 fully saturated rings. The highest BCUT2D eigenvalue weighted by Crippen LogP contribution is 2.38. The Hall–Kier alpha value is -1.75. The minimum absolute atomic E-state index is 0.0574. The van der Waals surface area contributed by atoms with Crippen LogP contribution in [0.15, 0.2) is 40.9 Å². The highest BCUT2D eigenvalue weighted by Gasteiger charge is 2.22. The SMILES string of the molecule is COc1ccc2c(c1)C(Nc1cc(F)ccc1Br)CCO2. The van der Waals surface area contributed by atoms with E-state index in [1.165, 1.54) is 12.1 Å². The van der Waals surface area contributed by atoms with Gasteiger partial charge in [0, 0.05) is 16.5 Å². The average Bonchev–Trinajstić information content (AvgIpc) is 2.51. The van der Waals surface area contributed by atoms with Gasteiger partial charge < -0.3 is 14.8 Å². The lowest BCUT2D eigenvalue weighted by Crippen LogP contribution is -2.20. The summed E-state index contributed by atoms with van der Waals surface area (Å²) < 4.78 is 25.2. The highest BCUT2D eigenvalue weighted by molar-refractivity contribution is 9.10. The van der Waals surface area contributed by atoms with Gasteiger partial charge in [0.05, 0.1) is 25.4 Å². The lowest BCUT2D eigenvalue weighted by Gasteiger charge is -2.28. The van der Waals surface area contributed by atoms with Gasteiger partial charge in [0.15, 0.2) is 0 Å². The van der Waals surface area contributed by atoms with Crippen molar-refractivity contribution < 1.29 is 13.9 Å². The first kappa shape index (κ1) is 14.2. The second-order valence-corrected chi connectivity index (χ2v) is 5.72. The minimum Gasteiger partial charge on any atom is -0.497 e. The number of anilines is 1. The summed E-state index contributed by atoms with van der Waals surface area (Å²) in [4.78, 5) is 0. The summed E-state index contributed by atoms with van der Waals surface area (Å²) in [6.45, 7) is 0.629. The van der Waals surface area contributed by atoms with E-state index in [-0.39, 0.29) is 11.9 Å². The van der Waals surface area contributed by atoms with Crippen molar-refractivity contribution in [2.45, 2.75) is 12.5 Å². The summed E-state index contributed by atoms with van der Waals surface area (Å²) in [6, 6.07) is 10.4. The molecule has 5 heteroatoms. The second kappa shape index (κ2) is 5.93. The van der Waals surface area contributed by atoms with Gasteiger partial charge in [0.2, 0.25) is 0 Å². The van der Waals surface area contributed by atoms with Crippen molar-refractivity contribution in [3.8, 4) is 11.5 Å². The Bertz CT molecular complexity index is 663. The Balaban J connectivity index is 1.92. The Morgan fingerprint density at radius 1 is 1.29 bits per heavy atom. The molecule has 2 aromatic carbocycles. The van der Waals surface area contributed by atoms with Gasteiger partial charge in [-0.15, -0.1) is 0 Å². The third-order valence-corrected chi connectivity index (χ3v) is 4.21. The predicted molar refractivity (Wildman–Crippen MR) is 83.6 cm³/mol. The maximum atomic E-state index is 13.4. The van der Waals surface area contributed by atoms with Gasteiger partial charge in [0.1, 0.15) is 17.3 Å². The number of halogens is 2. The number of benzene rings is 2. The standard InChI is InChI=1S/C16H15BrFNO2/c1-20-11-3-5-16-12(9-11)14(6-7-21-16)19-15-8-10(18)2-4-13(15)17/h2-5,8-9,14,19H,6-7H2,1H3. The molecule has 21 heavy (non-hydrogen) atoms. The molecular formula is C16H15BrFNO2. The van der Waals surface area contributed by atoms with Crippen molar-refractivity contribution in [1.29, 1.82) is 0 Å². The summed E-state index contributed by atoms with van der Waals surface area (Å²) in [5.74, 6) is 1.36. The first-order chi connectivity index (χ1) is 10.2. The quantitative estimate of drug-likeness (QED) is 0.880. The van der Waals surface area contributed by atoms with E-state index in [0.29, 0.717) is 6.61 Å². The normalized spacial score (nSPS) is 16.8. The van der Waals surface area contributed by atoms with E-state index >= 15 is 0 Å². The average molecular weight is 352 g/mol. The van der Waals surface area contributed by atoms with Crippen LogP contribution in [0.2, 0.25) is 0 Å². The number of nitrogens with one attached hydrogen (secondary N) is 1. The fraction of sp³-hybridized carbons (Fsp3) is 0.250. The van der Waals surface area contributed by atoms with Gasteiger partial charge in [-0.1, -0.05) is 0 Å². The van der Waals surface area contributed by atoms with Gasteiger partial charge in [-0.25, -0.2) is 4.39 Å². The minimum atomic E-state index is -0.265. The van der Waals surface area contributed by atoms with E-state index in [4.69, 9.17) is 9.47 Å². The first-order valence-electron chi connectivity index (χ1n) is 6.69. The van der Waals surface area contributed by atoms with Crippen molar-refractivity contribution in [3.05, 3.63) is 52.3 Å².